The molecule has 10 heteroatoms. The Labute approximate surface area is 224 Å². The van der Waals surface area contributed by atoms with Crippen molar-refractivity contribution >= 4 is 17.7 Å². The summed E-state index contributed by atoms with van der Waals surface area (Å²) in [5, 5.41) is 7.47. The average Bonchev–Trinajstić information content (AvgIpc) is 3.18. The molecule has 0 bridgehead atoms. The third kappa shape index (κ3) is 3.88. The molecule has 10 nitrogen and oxygen atoms in total. The number of nitrogens with one attached hydrogen (secondary N) is 1. The summed E-state index contributed by atoms with van der Waals surface area (Å²) in [6, 6.07) is 3.80. The van der Waals surface area contributed by atoms with Gasteiger partial charge < -0.3 is 24.6 Å². The third-order valence-corrected chi connectivity index (χ3v) is 8.53. The van der Waals surface area contributed by atoms with Gasteiger partial charge in [-0.2, -0.15) is 5.10 Å². The van der Waals surface area contributed by atoms with E-state index in [1.54, 1.807) is 18.9 Å². The number of benzene rings is 1. The van der Waals surface area contributed by atoms with E-state index in [0.29, 0.717) is 44.8 Å². The highest BCUT2D eigenvalue weighted by Gasteiger charge is 2.55. The fourth-order valence-corrected chi connectivity index (χ4v) is 6.48. The van der Waals surface area contributed by atoms with Crippen molar-refractivity contribution in [1.82, 2.24) is 24.5 Å². The molecule has 1 aromatic heterocycles. The van der Waals surface area contributed by atoms with Gasteiger partial charge in [0.05, 0.1) is 43.4 Å². The van der Waals surface area contributed by atoms with E-state index in [-0.39, 0.29) is 18.0 Å². The maximum absolute atomic E-state index is 13.8. The molecule has 4 heterocycles. The number of carbonyl (C=O) groups is 2. The molecule has 0 aliphatic carbocycles. The number of aryl methyl sites for hydroxylation is 2. The number of fused-ring (bicyclic) bond motifs is 3. The van der Waals surface area contributed by atoms with E-state index < -0.39 is 5.54 Å². The number of anilines is 1. The fourth-order valence-electron chi connectivity index (χ4n) is 6.48. The van der Waals surface area contributed by atoms with Gasteiger partial charge in [0.2, 0.25) is 0 Å². The average molecular weight is 523 g/mol. The van der Waals surface area contributed by atoms with Crippen LogP contribution in [0.3, 0.4) is 0 Å². The minimum Gasteiger partial charge on any atom is -0.497 e. The fraction of sp³-hybridized carbons (Fsp3) is 0.536. The molecule has 2 aromatic rings. The summed E-state index contributed by atoms with van der Waals surface area (Å²) in [6.45, 7) is 10.2. The van der Waals surface area contributed by atoms with Crippen molar-refractivity contribution in [2.75, 3.05) is 39.2 Å². The van der Waals surface area contributed by atoms with E-state index in [9.17, 15) is 9.59 Å². The smallest absolute Gasteiger partial charge is 0.325 e. The number of allylic oxidation sites excluding steroid dienone is 1. The van der Waals surface area contributed by atoms with Gasteiger partial charge in [0.25, 0.3) is 0 Å². The van der Waals surface area contributed by atoms with Crippen molar-refractivity contribution in [2.24, 2.45) is 7.05 Å². The zero-order chi connectivity index (χ0) is 27.4. The number of aromatic nitrogens is 2. The van der Waals surface area contributed by atoms with E-state index in [2.05, 4.69) is 23.4 Å². The molecule has 4 amide bonds. The highest BCUT2D eigenvalue weighted by molar-refractivity contribution is 5.91. The molecule has 3 aliphatic heterocycles. The molecule has 1 N–H and O–H groups in total. The van der Waals surface area contributed by atoms with Crippen molar-refractivity contribution in [3.05, 3.63) is 46.4 Å². The minimum atomic E-state index is -0.448. The second-order valence-electron chi connectivity index (χ2n) is 10.5. The van der Waals surface area contributed by atoms with E-state index in [1.807, 2.05) is 54.7 Å². The quantitative estimate of drug-likeness (QED) is 0.644. The van der Waals surface area contributed by atoms with Gasteiger partial charge in [0, 0.05) is 49.9 Å². The van der Waals surface area contributed by atoms with Crippen LogP contribution in [0.25, 0.3) is 0 Å². The normalized spacial score (nSPS) is 20.2. The molecular weight excluding hydrogens is 484 g/mol. The van der Waals surface area contributed by atoms with Crippen molar-refractivity contribution in [3.63, 3.8) is 0 Å². The third-order valence-electron chi connectivity index (χ3n) is 8.53. The van der Waals surface area contributed by atoms with Crippen LogP contribution in [0.4, 0.5) is 15.3 Å². The summed E-state index contributed by atoms with van der Waals surface area (Å²) < 4.78 is 13.0. The summed E-state index contributed by atoms with van der Waals surface area (Å²) in [4.78, 5) is 32.8. The number of nitrogens with zero attached hydrogens (tertiary/aromatic N) is 5. The van der Waals surface area contributed by atoms with Gasteiger partial charge in [-0.1, -0.05) is 13.0 Å². The van der Waals surface area contributed by atoms with Crippen LogP contribution in [0.2, 0.25) is 0 Å². The lowest BCUT2D eigenvalue weighted by molar-refractivity contribution is 0.106. The monoisotopic (exact) mass is 522 g/mol. The Morgan fingerprint density at radius 2 is 1.89 bits per heavy atom. The van der Waals surface area contributed by atoms with Gasteiger partial charge in [-0.15, -0.1) is 0 Å². The number of rotatable bonds is 4. The van der Waals surface area contributed by atoms with E-state index in [4.69, 9.17) is 9.47 Å². The number of hydrogen-bond acceptors (Lipinski definition) is 5. The SMILES string of the molecule is CCN1C(=O)N2Cc3cc(OC)cc(OC)c3[C@@H](C)C=C2C12CCN(C(=O)Nc1c(C)nn(C)c1C)CC2. The van der Waals surface area contributed by atoms with Gasteiger partial charge in [0.1, 0.15) is 11.5 Å². The first-order valence-electron chi connectivity index (χ1n) is 13.3. The molecule has 2 fully saturated rings. The molecule has 38 heavy (non-hydrogen) atoms. The summed E-state index contributed by atoms with van der Waals surface area (Å²) in [7, 11) is 5.18. The largest absolute Gasteiger partial charge is 0.497 e. The standard InChI is InChI=1S/C28H38N6O4/c1-8-34-27(36)33-16-20-14-21(37-6)15-22(38-7)24(20)17(2)13-23(33)28(34)9-11-32(12-10-28)26(35)29-25-18(3)30-31(5)19(25)4/h13-15,17H,8-12,16H2,1-7H3,(H,29,35)/t17-/m0/s1. The number of ether oxygens (including phenoxy) is 2. The lowest BCUT2D eigenvalue weighted by Crippen LogP contribution is -2.55. The first-order chi connectivity index (χ1) is 18.1. The van der Waals surface area contributed by atoms with Crippen molar-refractivity contribution in [2.45, 2.75) is 58.5 Å². The second-order valence-corrected chi connectivity index (χ2v) is 10.5. The Kier molecular flexibility index (Phi) is 6.53. The highest BCUT2D eigenvalue weighted by atomic mass is 16.5. The molecule has 2 saturated heterocycles. The number of hydrogen-bond donors (Lipinski definition) is 1. The molecule has 0 saturated carbocycles. The number of methoxy groups -OCH3 is 2. The Morgan fingerprint density at radius 3 is 2.47 bits per heavy atom. The zero-order valence-corrected chi connectivity index (χ0v) is 23.4. The van der Waals surface area contributed by atoms with Crippen LogP contribution in [-0.4, -0.2) is 75.9 Å². The molecule has 1 aromatic carbocycles. The lowest BCUT2D eigenvalue weighted by atomic mass is 9.82. The van der Waals surface area contributed by atoms with Gasteiger partial charge >= 0.3 is 12.1 Å². The van der Waals surface area contributed by atoms with E-state index in [1.165, 1.54) is 0 Å². The van der Waals surface area contributed by atoms with Gasteiger partial charge in [-0.05, 0) is 45.2 Å². The maximum atomic E-state index is 13.8. The molecule has 5 rings (SSSR count). The van der Waals surface area contributed by atoms with Crippen molar-refractivity contribution in [1.29, 1.82) is 0 Å². The van der Waals surface area contributed by atoms with Crippen LogP contribution in [0.1, 0.15) is 55.1 Å². The number of amides is 4. The maximum Gasteiger partial charge on any atom is 0.325 e. The van der Waals surface area contributed by atoms with Crippen LogP contribution in [0.15, 0.2) is 23.9 Å². The first-order valence-corrected chi connectivity index (χ1v) is 13.3. The van der Waals surface area contributed by atoms with Crippen LogP contribution in [0, 0.1) is 13.8 Å². The number of piperidine rings is 1. The Bertz CT molecular complexity index is 1310. The molecule has 3 aliphatic rings. The number of likely N-dealkylation sites (tertiary alicyclic amines) is 1. The summed E-state index contributed by atoms with van der Waals surface area (Å²) in [5.74, 6) is 1.53. The molecule has 0 radical (unpaired) electrons. The molecular formula is C28H38N6O4. The molecule has 1 atom stereocenters. The van der Waals surface area contributed by atoms with Gasteiger partial charge in [0.15, 0.2) is 0 Å². The summed E-state index contributed by atoms with van der Waals surface area (Å²) in [6.07, 6.45) is 3.58. The lowest BCUT2D eigenvalue weighted by Gasteiger charge is -2.44. The van der Waals surface area contributed by atoms with E-state index in [0.717, 1.165) is 39.6 Å². The number of carbonyl (C=O) groups excluding carboxylic acids is 2. The molecule has 1 spiro atoms. The first kappa shape index (κ1) is 25.9. The van der Waals surface area contributed by atoms with E-state index >= 15 is 0 Å². The van der Waals surface area contributed by atoms with Crippen molar-refractivity contribution in [3.8, 4) is 11.5 Å². The predicted octanol–water partition coefficient (Wildman–Crippen LogP) is 4.38. The summed E-state index contributed by atoms with van der Waals surface area (Å²) in [5.41, 5.74) is 5.18. The summed E-state index contributed by atoms with van der Waals surface area (Å²) >= 11 is 0. The number of likely N-dealkylation sites (N-methyl/N-ethyl adjacent to an activating group) is 1. The minimum absolute atomic E-state index is 0.0140. The molecule has 0 unspecified atom stereocenters. The van der Waals surface area contributed by atoms with Crippen LogP contribution >= 0.6 is 0 Å². The van der Waals surface area contributed by atoms with Gasteiger partial charge in [-0.3, -0.25) is 9.58 Å². The Balaban J connectivity index is 1.43. The van der Waals surface area contributed by atoms with Crippen LogP contribution in [0.5, 0.6) is 11.5 Å². The van der Waals surface area contributed by atoms with Gasteiger partial charge in [-0.25, -0.2) is 9.59 Å². The van der Waals surface area contributed by atoms with Crippen LogP contribution < -0.4 is 14.8 Å². The number of urea groups is 2. The topological polar surface area (TPSA) is 92.2 Å². The Hall–Kier alpha value is -3.69. The second kappa shape index (κ2) is 9.56. The zero-order valence-electron chi connectivity index (χ0n) is 23.4. The predicted molar refractivity (Wildman–Crippen MR) is 145 cm³/mol. The van der Waals surface area contributed by atoms with Crippen LogP contribution in [-0.2, 0) is 13.6 Å². The molecule has 204 valence electrons. The Morgan fingerprint density at radius 1 is 1.18 bits per heavy atom. The highest BCUT2D eigenvalue weighted by Crippen LogP contribution is 2.49. The van der Waals surface area contributed by atoms with Crippen molar-refractivity contribution < 1.29 is 19.1 Å².